The largest absolute Gasteiger partial charge is 0.507 e. The molecule has 4 nitrogen and oxygen atoms in total. The summed E-state index contributed by atoms with van der Waals surface area (Å²) in [6.45, 7) is 0. The van der Waals surface area contributed by atoms with Crippen LogP contribution in [0.3, 0.4) is 0 Å². The fraction of sp³-hybridized carbons (Fsp3) is 0.0556. The highest BCUT2D eigenvalue weighted by atomic mass is 35.5. The van der Waals surface area contributed by atoms with E-state index >= 15 is 0 Å². The second-order valence-corrected chi connectivity index (χ2v) is 5.49. The van der Waals surface area contributed by atoms with Crippen molar-refractivity contribution >= 4 is 34.0 Å². The molecule has 0 saturated heterocycles. The Bertz CT molecular complexity index is 893. The first-order valence-corrected chi connectivity index (χ1v) is 7.32. The summed E-state index contributed by atoms with van der Waals surface area (Å²) in [6.07, 6.45) is 0. The van der Waals surface area contributed by atoms with Gasteiger partial charge in [0.1, 0.15) is 11.5 Å². The van der Waals surface area contributed by atoms with E-state index < -0.39 is 5.91 Å². The molecule has 116 valence electrons. The fourth-order valence-electron chi connectivity index (χ4n) is 2.36. The molecule has 0 unspecified atom stereocenters. The van der Waals surface area contributed by atoms with E-state index in [-0.39, 0.29) is 11.3 Å². The maximum atomic E-state index is 12.4. The molecule has 0 saturated carbocycles. The van der Waals surface area contributed by atoms with E-state index in [9.17, 15) is 9.90 Å². The number of phenolic OH excluding ortho intramolecular Hbond substituents is 1. The zero-order chi connectivity index (χ0) is 16.4. The quantitative estimate of drug-likeness (QED) is 0.746. The van der Waals surface area contributed by atoms with E-state index in [2.05, 4.69) is 5.32 Å². The van der Waals surface area contributed by atoms with E-state index in [1.165, 1.54) is 7.11 Å². The molecule has 2 N–H and O–H groups in total. The first-order chi connectivity index (χ1) is 11.1. The van der Waals surface area contributed by atoms with Crippen molar-refractivity contribution in [3.63, 3.8) is 0 Å². The van der Waals surface area contributed by atoms with Crippen molar-refractivity contribution in [3.05, 3.63) is 65.2 Å². The Kier molecular flexibility index (Phi) is 4.08. The molecule has 0 aliphatic carbocycles. The average molecular weight is 328 g/mol. The Balaban J connectivity index is 1.94. The lowest BCUT2D eigenvalue weighted by molar-refractivity contribution is 0.102. The zero-order valence-electron chi connectivity index (χ0n) is 12.3. The first kappa shape index (κ1) is 15.2. The van der Waals surface area contributed by atoms with Gasteiger partial charge < -0.3 is 15.2 Å². The number of amides is 1. The number of rotatable bonds is 3. The summed E-state index contributed by atoms with van der Waals surface area (Å²) in [7, 11) is 1.52. The summed E-state index contributed by atoms with van der Waals surface area (Å²) in [5.41, 5.74) is 0.689. The van der Waals surface area contributed by atoms with Gasteiger partial charge in [-0.1, -0.05) is 35.9 Å². The number of nitrogens with one attached hydrogen (secondary N) is 1. The van der Waals surface area contributed by atoms with Crippen LogP contribution in [-0.2, 0) is 0 Å². The number of anilines is 1. The zero-order valence-corrected chi connectivity index (χ0v) is 13.1. The van der Waals surface area contributed by atoms with Crippen molar-refractivity contribution in [2.45, 2.75) is 0 Å². The molecule has 0 bridgehead atoms. The highest BCUT2D eigenvalue weighted by Gasteiger charge is 2.13. The van der Waals surface area contributed by atoms with Crippen molar-refractivity contribution in [1.82, 2.24) is 0 Å². The minimum absolute atomic E-state index is 0.0739. The van der Waals surface area contributed by atoms with Crippen molar-refractivity contribution in [1.29, 1.82) is 0 Å². The summed E-state index contributed by atoms with van der Waals surface area (Å²) in [5, 5.41) is 15.0. The molecule has 0 atom stereocenters. The van der Waals surface area contributed by atoms with Gasteiger partial charge in [-0.25, -0.2) is 0 Å². The third kappa shape index (κ3) is 3.22. The number of aromatic hydroxyl groups is 1. The van der Waals surface area contributed by atoms with Gasteiger partial charge in [0.05, 0.1) is 12.7 Å². The number of benzene rings is 3. The van der Waals surface area contributed by atoms with Gasteiger partial charge >= 0.3 is 0 Å². The van der Waals surface area contributed by atoms with Gasteiger partial charge in [0.25, 0.3) is 5.91 Å². The van der Waals surface area contributed by atoms with Crippen LogP contribution in [0.5, 0.6) is 11.5 Å². The second-order valence-electron chi connectivity index (χ2n) is 5.05. The number of phenols is 1. The number of fused-ring (bicyclic) bond motifs is 1. The number of hydrogen-bond donors (Lipinski definition) is 2. The van der Waals surface area contributed by atoms with Gasteiger partial charge in [-0.15, -0.1) is 0 Å². The van der Waals surface area contributed by atoms with Crippen LogP contribution in [0.4, 0.5) is 5.69 Å². The van der Waals surface area contributed by atoms with E-state index in [0.29, 0.717) is 16.5 Å². The van der Waals surface area contributed by atoms with Crippen LogP contribution in [-0.4, -0.2) is 18.1 Å². The molecule has 0 aliphatic rings. The molecule has 0 heterocycles. The molecule has 3 aromatic rings. The highest BCUT2D eigenvalue weighted by molar-refractivity contribution is 6.31. The van der Waals surface area contributed by atoms with E-state index in [0.717, 1.165) is 10.8 Å². The summed E-state index contributed by atoms with van der Waals surface area (Å²) in [5.74, 6) is 0.0447. The van der Waals surface area contributed by atoms with Gasteiger partial charge in [-0.2, -0.15) is 0 Å². The standard InChI is InChI=1S/C18H14ClNO3/c1-23-15-9-13(19)8-14(10-15)20-18(22)16-6-11-4-2-3-5-12(11)7-17(16)21/h2-10,21H,1H3,(H,20,22). The minimum atomic E-state index is -0.419. The molecule has 0 aromatic heterocycles. The summed E-state index contributed by atoms with van der Waals surface area (Å²) >= 11 is 5.99. The topological polar surface area (TPSA) is 58.6 Å². The van der Waals surface area contributed by atoms with Gasteiger partial charge in [-0.05, 0) is 35.0 Å². The van der Waals surface area contributed by atoms with Crippen molar-refractivity contribution in [2.75, 3.05) is 12.4 Å². The Morgan fingerprint density at radius 1 is 1.09 bits per heavy atom. The van der Waals surface area contributed by atoms with Crippen LogP contribution >= 0.6 is 11.6 Å². The normalized spacial score (nSPS) is 10.5. The van der Waals surface area contributed by atoms with Crippen molar-refractivity contribution in [2.24, 2.45) is 0 Å². The second kappa shape index (κ2) is 6.18. The maximum Gasteiger partial charge on any atom is 0.259 e. The van der Waals surface area contributed by atoms with E-state index in [1.807, 2.05) is 24.3 Å². The molecular weight excluding hydrogens is 314 g/mol. The number of halogens is 1. The van der Waals surface area contributed by atoms with Crippen molar-refractivity contribution < 1.29 is 14.6 Å². The number of carbonyl (C=O) groups excluding carboxylic acids is 1. The number of carbonyl (C=O) groups is 1. The summed E-state index contributed by atoms with van der Waals surface area (Å²) in [4.78, 5) is 12.4. The SMILES string of the molecule is COc1cc(Cl)cc(NC(=O)c2cc3ccccc3cc2O)c1. The Morgan fingerprint density at radius 3 is 2.48 bits per heavy atom. The fourth-order valence-corrected chi connectivity index (χ4v) is 2.59. The Labute approximate surface area is 138 Å². The Morgan fingerprint density at radius 2 is 1.78 bits per heavy atom. The maximum absolute atomic E-state index is 12.4. The predicted octanol–water partition coefficient (Wildman–Crippen LogP) is 4.46. The van der Waals surface area contributed by atoms with Crippen LogP contribution in [0.2, 0.25) is 5.02 Å². The highest BCUT2D eigenvalue weighted by Crippen LogP contribution is 2.28. The van der Waals surface area contributed by atoms with Gasteiger partial charge in [0, 0.05) is 16.8 Å². The lowest BCUT2D eigenvalue weighted by Crippen LogP contribution is -2.12. The minimum Gasteiger partial charge on any atom is -0.507 e. The number of methoxy groups -OCH3 is 1. The summed E-state index contributed by atoms with van der Waals surface area (Å²) in [6, 6.07) is 15.6. The molecule has 0 fully saturated rings. The molecule has 1 amide bonds. The van der Waals surface area contributed by atoms with Crippen molar-refractivity contribution in [3.8, 4) is 11.5 Å². The van der Waals surface area contributed by atoms with Crippen LogP contribution in [0, 0.1) is 0 Å². The predicted molar refractivity (Wildman–Crippen MR) is 91.6 cm³/mol. The lowest BCUT2D eigenvalue weighted by Gasteiger charge is -2.10. The van der Waals surface area contributed by atoms with Gasteiger partial charge in [0.15, 0.2) is 0 Å². The van der Waals surface area contributed by atoms with Crippen LogP contribution in [0.25, 0.3) is 10.8 Å². The van der Waals surface area contributed by atoms with Gasteiger partial charge in [-0.3, -0.25) is 4.79 Å². The summed E-state index contributed by atoms with van der Waals surface area (Å²) < 4.78 is 5.12. The molecule has 0 aliphatic heterocycles. The monoisotopic (exact) mass is 327 g/mol. The molecular formula is C18H14ClNO3. The number of hydrogen-bond acceptors (Lipinski definition) is 3. The average Bonchev–Trinajstić information content (AvgIpc) is 2.53. The smallest absolute Gasteiger partial charge is 0.259 e. The molecule has 23 heavy (non-hydrogen) atoms. The lowest BCUT2D eigenvalue weighted by atomic mass is 10.1. The molecule has 5 heteroatoms. The molecule has 3 rings (SSSR count). The van der Waals surface area contributed by atoms with Crippen LogP contribution in [0.1, 0.15) is 10.4 Å². The Hall–Kier alpha value is -2.72. The third-order valence-corrected chi connectivity index (χ3v) is 3.69. The molecule has 0 radical (unpaired) electrons. The number of ether oxygens (including phenoxy) is 1. The third-order valence-electron chi connectivity index (χ3n) is 3.47. The van der Waals surface area contributed by atoms with E-state index in [1.54, 1.807) is 30.3 Å². The van der Waals surface area contributed by atoms with Crippen LogP contribution < -0.4 is 10.1 Å². The van der Waals surface area contributed by atoms with E-state index in [4.69, 9.17) is 16.3 Å². The van der Waals surface area contributed by atoms with Crippen LogP contribution in [0.15, 0.2) is 54.6 Å². The molecule has 0 spiro atoms. The molecule has 3 aromatic carbocycles. The van der Waals surface area contributed by atoms with Gasteiger partial charge in [0.2, 0.25) is 0 Å². The first-order valence-electron chi connectivity index (χ1n) is 6.94.